The predicted octanol–water partition coefficient (Wildman–Crippen LogP) is 1.05. The molecule has 1 N–H and O–H groups in total. The maximum Gasteiger partial charge on any atom is 0.262 e. The standard InChI is InChI=1S/C18H12N2O5/c21-8-9-6-10-2-1-3-11-15(10)12(7-9)18(25)20(17(11)24)13-4-5-14(22)19-16(13)23/h1-3,6-8,13H,4-5H2,(H,19,22,23). The summed E-state index contributed by atoms with van der Waals surface area (Å²) in [6, 6.07) is 6.95. The van der Waals surface area contributed by atoms with Gasteiger partial charge in [0.25, 0.3) is 11.8 Å². The molecule has 124 valence electrons. The Morgan fingerprint density at radius 3 is 2.52 bits per heavy atom. The molecule has 1 fully saturated rings. The fourth-order valence-corrected chi connectivity index (χ4v) is 3.43. The first kappa shape index (κ1) is 15.2. The van der Waals surface area contributed by atoms with Crippen LogP contribution in [-0.2, 0) is 9.59 Å². The molecule has 1 saturated heterocycles. The van der Waals surface area contributed by atoms with Gasteiger partial charge in [-0.25, -0.2) is 0 Å². The minimum atomic E-state index is -1.04. The lowest BCUT2D eigenvalue weighted by atomic mass is 9.90. The van der Waals surface area contributed by atoms with Crippen molar-refractivity contribution in [3.8, 4) is 0 Å². The Balaban J connectivity index is 1.90. The molecule has 0 aliphatic carbocycles. The first-order valence-corrected chi connectivity index (χ1v) is 7.75. The van der Waals surface area contributed by atoms with E-state index in [1.807, 2.05) is 0 Å². The molecule has 2 aromatic carbocycles. The summed E-state index contributed by atoms with van der Waals surface area (Å²) in [7, 11) is 0. The van der Waals surface area contributed by atoms with Gasteiger partial charge in [-0.2, -0.15) is 0 Å². The van der Waals surface area contributed by atoms with E-state index >= 15 is 0 Å². The van der Waals surface area contributed by atoms with Gasteiger partial charge in [-0.1, -0.05) is 12.1 Å². The van der Waals surface area contributed by atoms with Crippen molar-refractivity contribution in [1.29, 1.82) is 0 Å². The Labute approximate surface area is 141 Å². The third-order valence-electron chi connectivity index (χ3n) is 4.56. The lowest BCUT2D eigenvalue weighted by Crippen LogP contribution is -2.57. The molecule has 4 amide bonds. The number of carbonyl (C=O) groups is 5. The number of nitrogens with zero attached hydrogens (tertiary/aromatic N) is 1. The van der Waals surface area contributed by atoms with Crippen molar-refractivity contribution >= 4 is 40.7 Å². The molecule has 7 heteroatoms. The first-order valence-electron chi connectivity index (χ1n) is 7.75. The molecule has 2 heterocycles. The molecule has 1 unspecified atom stereocenters. The van der Waals surface area contributed by atoms with Crippen LogP contribution >= 0.6 is 0 Å². The minimum absolute atomic E-state index is 0.0545. The van der Waals surface area contributed by atoms with Gasteiger partial charge in [0.1, 0.15) is 12.3 Å². The number of rotatable bonds is 2. The van der Waals surface area contributed by atoms with Crippen LogP contribution < -0.4 is 5.32 Å². The van der Waals surface area contributed by atoms with Gasteiger partial charge in [0.05, 0.1) is 0 Å². The van der Waals surface area contributed by atoms with Crippen molar-refractivity contribution in [2.75, 3.05) is 0 Å². The van der Waals surface area contributed by atoms with Gasteiger partial charge in [0.2, 0.25) is 11.8 Å². The van der Waals surface area contributed by atoms with Crippen LogP contribution in [0.5, 0.6) is 0 Å². The van der Waals surface area contributed by atoms with E-state index in [4.69, 9.17) is 0 Å². The van der Waals surface area contributed by atoms with Crippen molar-refractivity contribution in [3.05, 3.63) is 47.0 Å². The third-order valence-corrected chi connectivity index (χ3v) is 4.56. The molecule has 2 aliphatic rings. The number of nitrogens with one attached hydrogen (secondary N) is 1. The summed E-state index contributed by atoms with van der Waals surface area (Å²) in [6.45, 7) is 0. The zero-order chi connectivity index (χ0) is 17.7. The molecule has 2 aromatic rings. The first-order chi connectivity index (χ1) is 12.0. The SMILES string of the molecule is O=Cc1cc2c3c(cccc3c1)C(=O)N(C1CCC(=O)NC1=O)C2=O. The van der Waals surface area contributed by atoms with Crippen LogP contribution in [0.4, 0.5) is 0 Å². The second-order valence-corrected chi connectivity index (χ2v) is 6.04. The topological polar surface area (TPSA) is 101 Å². The number of benzene rings is 2. The molecule has 0 bridgehead atoms. The molecule has 1 atom stereocenters. The lowest BCUT2D eigenvalue weighted by molar-refractivity contribution is -0.136. The summed E-state index contributed by atoms with van der Waals surface area (Å²) in [5.41, 5.74) is 0.819. The van der Waals surface area contributed by atoms with Crippen molar-refractivity contribution in [2.45, 2.75) is 18.9 Å². The zero-order valence-electron chi connectivity index (χ0n) is 12.9. The third kappa shape index (κ3) is 2.16. The number of hydrogen-bond donors (Lipinski definition) is 1. The van der Waals surface area contributed by atoms with Gasteiger partial charge in [0.15, 0.2) is 0 Å². The minimum Gasteiger partial charge on any atom is -0.298 e. The van der Waals surface area contributed by atoms with E-state index in [0.29, 0.717) is 28.2 Å². The Hall–Kier alpha value is -3.35. The fourth-order valence-electron chi connectivity index (χ4n) is 3.43. The maximum atomic E-state index is 12.9. The zero-order valence-corrected chi connectivity index (χ0v) is 12.9. The van der Waals surface area contributed by atoms with Gasteiger partial charge in [-0.05, 0) is 30.0 Å². The number of carbonyl (C=O) groups excluding carboxylic acids is 5. The second kappa shape index (κ2) is 5.34. The second-order valence-electron chi connectivity index (χ2n) is 6.04. The Bertz CT molecular complexity index is 994. The summed E-state index contributed by atoms with van der Waals surface area (Å²) in [5.74, 6) is -2.30. The van der Waals surface area contributed by atoms with Crippen molar-refractivity contribution in [1.82, 2.24) is 10.2 Å². The van der Waals surface area contributed by atoms with Crippen LogP contribution in [0, 0.1) is 0 Å². The summed E-state index contributed by atoms with van der Waals surface area (Å²) in [5, 5.41) is 3.25. The normalized spacial score (nSPS) is 20.0. The van der Waals surface area contributed by atoms with Gasteiger partial charge in [-0.15, -0.1) is 0 Å². The molecule has 7 nitrogen and oxygen atoms in total. The number of hydrogen-bond acceptors (Lipinski definition) is 5. The van der Waals surface area contributed by atoms with Crippen LogP contribution in [0.15, 0.2) is 30.3 Å². The lowest BCUT2D eigenvalue weighted by Gasteiger charge is -2.34. The largest absolute Gasteiger partial charge is 0.298 e. The Kier molecular flexibility index (Phi) is 3.24. The highest BCUT2D eigenvalue weighted by atomic mass is 16.2. The fraction of sp³-hybridized carbons (Fsp3) is 0.167. The molecule has 0 aromatic heterocycles. The molecule has 0 spiro atoms. The summed E-state index contributed by atoms with van der Waals surface area (Å²) < 4.78 is 0. The number of aldehydes is 1. The van der Waals surface area contributed by atoms with Crippen LogP contribution in [0.25, 0.3) is 10.8 Å². The molecular formula is C18H12N2O5. The summed E-state index contributed by atoms with van der Waals surface area (Å²) in [6.07, 6.45) is 0.766. The monoisotopic (exact) mass is 336 g/mol. The molecule has 4 rings (SSSR count). The van der Waals surface area contributed by atoms with Gasteiger partial charge in [-0.3, -0.25) is 34.2 Å². The van der Waals surface area contributed by atoms with E-state index in [9.17, 15) is 24.0 Å². The molecule has 0 saturated carbocycles. The van der Waals surface area contributed by atoms with E-state index in [0.717, 1.165) is 4.90 Å². The predicted molar refractivity (Wildman–Crippen MR) is 86.0 cm³/mol. The van der Waals surface area contributed by atoms with Crippen molar-refractivity contribution in [2.24, 2.45) is 0 Å². The summed E-state index contributed by atoms with van der Waals surface area (Å²) >= 11 is 0. The highest BCUT2D eigenvalue weighted by molar-refractivity contribution is 6.27. The highest BCUT2D eigenvalue weighted by Crippen LogP contribution is 2.33. The van der Waals surface area contributed by atoms with E-state index in [-0.39, 0.29) is 18.4 Å². The van der Waals surface area contributed by atoms with Crippen LogP contribution in [0.1, 0.15) is 43.9 Å². The van der Waals surface area contributed by atoms with Crippen molar-refractivity contribution in [3.63, 3.8) is 0 Å². The Morgan fingerprint density at radius 1 is 1.04 bits per heavy atom. The molecule has 0 radical (unpaired) electrons. The van der Waals surface area contributed by atoms with E-state index < -0.39 is 29.7 Å². The highest BCUT2D eigenvalue weighted by Gasteiger charge is 2.42. The van der Waals surface area contributed by atoms with Gasteiger partial charge >= 0.3 is 0 Å². The average Bonchev–Trinajstić information content (AvgIpc) is 2.60. The molecule has 2 aliphatic heterocycles. The number of piperidine rings is 1. The van der Waals surface area contributed by atoms with E-state index in [2.05, 4.69) is 5.32 Å². The smallest absolute Gasteiger partial charge is 0.262 e. The van der Waals surface area contributed by atoms with Gasteiger partial charge in [0, 0.05) is 28.5 Å². The van der Waals surface area contributed by atoms with Crippen molar-refractivity contribution < 1.29 is 24.0 Å². The number of imide groups is 2. The molecule has 25 heavy (non-hydrogen) atoms. The Morgan fingerprint density at radius 2 is 1.80 bits per heavy atom. The maximum absolute atomic E-state index is 12.9. The van der Waals surface area contributed by atoms with Crippen LogP contribution in [0.2, 0.25) is 0 Å². The molecular weight excluding hydrogens is 324 g/mol. The van der Waals surface area contributed by atoms with Gasteiger partial charge < -0.3 is 0 Å². The van der Waals surface area contributed by atoms with Crippen LogP contribution in [-0.4, -0.2) is 40.9 Å². The van der Waals surface area contributed by atoms with E-state index in [1.165, 1.54) is 6.07 Å². The summed E-state index contributed by atoms with van der Waals surface area (Å²) in [4.78, 5) is 61.3. The van der Waals surface area contributed by atoms with Crippen LogP contribution in [0.3, 0.4) is 0 Å². The van der Waals surface area contributed by atoms with E-state index in [1.54, 1.807) is 24.3 Å². The number of amides is 4. The quantitative estimate of drug-likeness (QED) is 0.653. The average molecular weight is 336 g/mol.